The molecule has 266 valence electrons. The van der Waals surface area contributed by atoms with Crippen LogP contribution in [0, 0.1) is 36.2 Å². The summed E-state index contributed by atoms with van der Waals surface area (Å²) in [6.45, 7) is 0. The number of ether oxygens (including phenoxy) is 1. The minimum absolute atomic E-state index is 0. The molecule has 5 aliphatic carbocycles. The van der Waals surface area contributed by atoms with Gasteiger partial charge in [0.15, 0.2) is 0 Å². The van der Waals surface area contributed by atoms with E-state index in [-0.39, 0.29) is 151 Å². The van der Waals surface area contributed by atoms with E-state index in [9.17, 15) is 39.8 Å². The van der Waals surface area contributed by atoms with Crippen molar-refractivity contribution in [1.29, 1.82) is 0 Å². The van der Waals surface area contributed by atoms with E-state index in [1.165, 1.54) is 0 Å². The molecule has 5 rings (SSSR count). The molecule has 0 aromatic heterocycles. The van der Waals surface area contributed by atoms with Gasteiger partial charge in [-0.25, -0.2) is 21.0 Å². The normalized spacial score (nSPS) is 41.3. The topological polar surface area (TPSA) is 269 Å². The van der Waals surface area contributed by atoms with Gasteiger partial charge in [-0.3, -0.25) is 4.18 Å². The number of azo groups is 2. The summed E-state index contributed by atoms with van der Waals surface area (Å²) in [5.74, 6) is -1.61. The Morgan fingerprint density at radius 3 is 1.98 bits per heavy atom. The van der Waals surface area contributed by atoms with Gasteiger partial charge in [0, 0.05) is 11.3 Å². The van der Waals surface area contributed by atoms with Crippen LogP contribution in [0.5, 0.6) is 0 Å². The standard InChI is InChI=1S/C28H45N5O11S3.3Na/c1-2-43-17-5-3-16(4-6-17)30-31-23-9-10-24(21-13-18(46(37,38)39)7-8-19(21)23)32-33-27-25(44-45(35)36)11-15-12-26(47(40,41)42)22(29)14-20(15)28(27)34;;;/h1,15-28,34H,3-14,29H2,(H,35,36)(H,37,38,39)(H,40,41,42);;;/q;3*+1/p-3. The Hall–Kier alpha value is 1.37. The van der Waals surface area contributed by atoms with Crippen LogP contribution in [0.3, 0.4) is 0 Å². The summed E-state index contributed by atoms with van der Waals surface area (Å²) in [6, 6.07) is -2.86. The van der Waals surface area contributed by atoms with Crippen LogP contribution in [-0.4, -0.2) is 98.8 Å². The van der Waals surface area contributed by atoms with Crippen LogP contribution in [0.2, 0.25) is 0 Å². The zero-order chi connectivity index (χ0) is 34.1. The molecule has 16 nitrogen and oxygen atoms in total. The molecule has 0 spiro atoms. The van der Waals surface area contributed by atoms with Crippen LogP contribution >= 0.6 is 0 Å². The van der Waals surface area contributed by atoms with E-state index in [4.69, 9.17) is 26.2 Å². The van der Waals surface area contributed by atoms with Gasteiger partial charge in [0.2, 0.25) is 0 Å². The number of fused-ring (bicyclic) bond motifs is 2. The van der Waals surface area contributed by atoms with Gasteiger partial charge in [0.05, 0.1) is 61.1 Å². The Balaban J connectivity index is 0.00000289. The molecule has 0 saturated heterocycles. The molecule has 0 heterocycles. The minimum Gasteiger partial charge on any atom is -0.750 e. The van der Waals surface area contributed by atoms with E-state index >= 15 is 0 Å². The van der Waals surface area contributed by atoms with Gasteiger partial charge >= 0.3 is 88.7 Å². The van der Waals surface area contributed by atoms with Crippen molar-refractivity contribution in [2.45, 2.75) is 136 Å². The third-order valence-corrected chi connectivity index (χ3v) is 14.0. The molecule has 0 radical (unpaired) electrons. The van der Waals surface area contributed by atoms with Gasteiger partial charge in [-0.05, 0) is 101 Å². The second-order valence-corrected chi connectivity index (χ2v) is 17.6. The summed E-state index contributed by atoms with van der Waals surface area (Å²) in [5.41, 5.74) is 6.03. The molecule has 0 aromatic rings. The van der Waals surface area contributed by atoms with Gasteiger partial charge in [-0.1, -0.05) is 6.42 Å². The van der Waals surface area contributed by atoms with Gasteiger partial charge < -0.3 is 29.2 Å². The second kappa shape index (κ2) is 20.5. The van der Waals surface area contributed by atoms with Crippen molar-refractivity contribution in [2.24, 2.45) is 49.9 Å². The number of nitrogens with zero attached hydrogens (tertiary/aromatic N) is 4. The molecule has 0 bridgehead atoms. The summed E-state index contributed by atoms with van der Waals surface area (Å²) >= 11 is -2.99. The average molecular weight is 790 g/mol. The van der Waals surface area contributed by atoms with E-state index in [1.807, 2.05) is 0 Å². The number of aliphatic hydroxyl groups is 1. The van der Waals surface area contributed by atoms with Crippen molar-refractivity contribution in [3.63, 3.8) is 0 Å². The van der Waals surface area contributed by atoms with Crippen molar-refractivity contribution >= 4 is 31.6 Å². The maximum Gasteiger partial charge on any atom is 1.00 e. The fourth-order valence-corrected chi connectivity index (χ4v) is 11.0. The minimum atomic E-state index is -4.72. The van der Waals surface area contributed by atoms with E-state index in [0.717, 1.165) is 25.7 Å². The van der Waals surface area contributed by atoms with Crippen LogP contribution in [-0.2, 0) is 40.5 Å². The number of nitrogens with two attached hydrogens (primary N) is 1. The third kappa shape index (κ3) is 11.9. The smallest absolute Gasteiger partial charge is 0.750 e. The van der Waals surface area contributed by atoms with Crippen molar-refractivity contribution in [3.05, 3.63) is 0 Å². The molecule has 0 aromatic carbocycles. The largest absolute Gasteiger partial charge is 1.00 e. The maximum absolute atomic E-state index is 12.0. The van der Waals surface area contributed by atoms with Crippen LogP contribution < -0.4 is 94.4 Å². The fourth-order valence-electron chi connectivity index (χ4n) is 8.72. The van der Waals surface area contributed by atoms with Gasteiger partial charge in [0.1, 0.15) is 24.4 Å². The molecule has 5 saturated carbocycles. The van der Waals surface area contributed by atoms with E-state index in [1.54, 1.807) is 0 Å². The zero-order valence-corrected chi connectivity index (χ0v) is 37.2. The predicted molar refractivity (Wildman–Crippen MR) is 163 cm³/mol. The summed E-state index contributed by atoms with van der Waals surface area (Å²) in [4.78, 5) is 0. The molecule has 50 heavy (non-hydrogen) atoms. The van der Waals surface area contributed by atoms with Crippen molar-refractivity contribution in [3.8, 4) is 12.5 Å². The second-order valence-electron chi connectivity index (χ2n) is 13.7. The molecule has 5 aliphatic rings. The Morgan fingerprint density at radius 2 is 1.40 bits per heavy atom. The van der Waals surface area contributed by atoms with E-state index in [2.05, 4.69) is 21.4 Å². The van der Waals surface area contributed by atoms with Gasteiger partial charge in [-0.15, -0.1) is 0 Å². The molecular formula is C28H42N5Na3O11S3. The first-order chi connectivity index (χ1) is 22.2. The summed E-state index contributed by atoms with van der Waals surface area (Å²) in [6.07, 6.45) is 9.75. The predicted octanol–water partition coefficient (Wildman–Crippen LogP) is -7.74. The van der Waals surface area contributed by atoms with Crippen molar-refractivity contribution in [2.75, 3.05) is 0 Å². The molecule has 0 aliphatic heterocycles. The molecule has 13 unspecified atom stereocenters. The number of terminal acetylenes is 1. The summed E-state index contributed by atoms with van der Waals surface area (Å²) in [7, 11) is -9.28. The SMILES string of the molecule is C#COC1CCC(N=NC2CCC(N=NC3C(OS(=O)[O-])CC4CC(S(=O)(=O)[O-])C(N)CC4C3O)C3CC(S(=O)(=O)[O-])CCC23)CC1.[Na+].[Na+].[Na+]. The molecular weight excluding hydrogens is 748 g/mol. The molecule has 3 N–H and O–H groups in total. The number of rotatable bonds is 9. The van der Waals surface area contributed by atoms with Gasteiger partial charge in [0.25, 0.3) is 0 Å². The Labute approximate surface area is 363 Å². The van der Waals surface area contributed by atoms with Crippen LogP contribution in [0.1, 0.15) is 77.0 Å². The number of hydrogen-bond donors (Lipinski definition) is 2. The average Bonchev–Trinajstić information content (AvgIpc) is 2.99. The molecule has 0 amide bonds. The monoisotopic (exact) mass is 789 g/mol. The molecule has 22 heteroatoms. The number of hydrogen-bond acceptors (Lipinski definition) is 16. The summed E-state index contributed by atoms with van der Waals surface area (Å²) in [5, 5.41) is 27.2. The summed E-state index contributed by atoms with van der Waals surface area (Å²) < 4.78 is 105. The maximum atomic E-state index is 12.0. The molecule has 5 fully saturated rings. The Morgan fingerprint density at radius 1 is 0.780 bits per heavy atom. The van der Waals surface area contributed by atoms with E-state index < -0.39 is 84.3 Å². The quantitative estimate of drug-likeness (QED) is 0.0726. The zero-order valence-electron chi connectivity index (χ0n) is 28.8. The molecule has 13 atom stereocenters. The third-order valence-electron chi connectivity index (χ3n) is 11.1. The van der Waals surface area contributed by atoms with Crippen LogP contribution in [0.4, 0.5) is 0 Å². The first-order valence-electron chi connectivity index (χ1n) is 16.2. The Bertz CT molecular complexity index is 1470. The van der Waals surface area contributed by atoms with E-state index in [0.29, 0.717) is 19.3 Å². The fraction of sp³-hybridized carbons (Fsp3) is 0.929. The Kier molecular flexibility index (Phi) is 19.5. The van der Waals surface area contributed by atoms with Crippen molar-refractivity contribution in [1.82, 2.24) is 0 Å². The van der Waals surface area contributed by atoms with Crippen molar-refractivity contribution < 1.29 is 137 Å². The first-order valence-corrected chi connectivity index (χ1v) is 20.1. The van der Waals surface area contributed by atoms with Crippen LogP contribution in [0.25, 0.3) is 0 Å². The van der Waals surface area contributed by atoms with Gasteiger partial charge in [-0.2, -0.15) is 20.5 Å². The van der Waals surface area contributed by atoms with Crippen LogP contribution in [0.15, 0.2) is 20.5 Å². The first kappa shape index (κ1) is 47.5. The number of aliphatic hydroxyl groups excluding tert-OH is 1.